The summed E-state index contributed by atoms with van der Waals surface area (Å²) in [5, 5.41) is 7.23. The molecule has 0 saturated carbocycles. The zero-order chi connectivity index (χ0) is 16.3. The third-order valence-electron chi connectivity index (χ3n) is 3.25. The lowest BCUT2D eigenvalue weighted by Gasteiger charge is -2.12. The van der Waals surface area contributed by atoms with Crippen LogP contribution in [0.4, 0.5) is 0 Å². The lowest BCUT2D eigenvalue weighted by atomic mass is 10.2. The zero-order valence-corrected chi connectivity index (χ0v) is 14.1. The van der Waals surface area contributed by atoms with Crippen LogP contribution in [0.15, 0.2) is 53.8 Å². The molecule has 1 aromatic carbocycles. The number of rotatable bonds is 8. The summed E-state index contributed by atoms with van der Waals surface area (Å²) in [5.74, 6) is 0.781. The van der Waals surface area contributed by atoms with E-state index < -0.39 is 0 Å². The van der Waals surface area contributed by atoms with Crippen molar-refractivity contribution in [2.75, 3.05) is 26.7 Å². The second-order valence-corrected chi connectivity index (χ2v) is 5.47. The lowest BCUT2D eigenvalue weighted by molar-refractivity contribution is 0.125. The molecule has 1 heterocycles. The van der Waals surface area contributed by atoms with Gasteiger partial charge in [0.1, 0.15) is 0 Å². The first-order valence-corrected chi connectivity index (χ1v) is 8.03. The van der Waals surface area contributed by atoms with Crippen molar-refractivity contribution in [3.05, 3.63) is 59.4 Å². The molecule has 0 aliphatic heterocycles. The van der Waals surface area contributed by atoms with Crippen molar-refractivity contribution in [1.82, 2.24) is 15.2 Å². The van der Waals surface area contributed by atoms with Gasteiger partial charge in [0.2, 0.25) is 0 Å². The molecule has 2 rings (SSSR count). The normalized spacial score (nSPS) is 11.5. The van der Waals surface area contributed by atoms with E-state index in [4.69, 9.17) is 16.3 Å². The Kier molecular flexibility index (Phi) is 7.49. The minimum absolute atomic E-state index is 0.557. The molecular formula is C17H23ClN4O. The van der Waals surface area contributed by atoms with Crippen LogP contribution in [0.3, 0.4) is 0 Å². The van der Waals surface area contributed by atoms with E-state index in [9.17, 15) is 0 Å². The summed E-state index contributed by atoms with van der Waals surface area (Å²) < 4.78 is 7.74. The SMILES string of the molecule is CN=C(NCCOCc1cccc(Cl)c1)NCCn1cccc1. The van der Waals surface area contributed by atoms with Crippen molar-refractivity contribution < 1.29 is 4.74 Å². The van der Waals surface area contributed by atoms with Crippen LogP contribution in [-0.4, -0.2) is 37.3 Å². The highest BCUT2D eigenvalue weighted by Gasteiger charge is 1.98. The van der Waals surface area contributed by atoms with E-state index >= 15 is 0 Å². The molecule has 1 aromatic heterocycles. The van der Waals surface area contributed by atoms with Crippen molar-refractivity contribution >= 4 is 17.6 Å². The minimum atomic E-state index is 0.557. The van der Waals surface area contributed by atoms with Gasteiger partial charge in [-0.05, 0) is 29.8 Å². The fraction of sp³-hybridized carbons (Fsp3) is 0.353. The van der Waals surface area contributed by atoms with Gasteiger partial charge in [-0.3, -0.25) is 4.99 Å². The number of hydrogen-bond acceptors (Lipinski definition) is 2. The summed E-state index contributed by atoms with van der Waals surface area (Å²) in [6, 6.07) is 11.7. The summed E-state index contributed by atoms with van der Waals surface area (Å²) in [4.78, 5) is 4.19. The maximum absolute atomic E-state index is 5.94. The number of nitrogens with zero attached hydrogens (tertiary/aromatic N) is 2. The topological polar surface area (TPSA) is 50.6 Å². The predicted molar refractivity (Wildman–Crippen MR) is 94.9 cm³/mol. The average Bonchev–Trinajstić information content (AvgIpc) is 3.06. The Labute approximate surface area is 142 Å². The molecule has 0 fully saturated rings. The fourth-order valence-corrected chi connectivity index (χ4v) is 2.31. The van der Waals surface area contributed by atoms with Gasteiger partial charge < -0.3 is 19.9 Å². The van der Waals surface area contributed by atoms with Gasteiger partial charge in [-0.25, -0.2) is 0 Å². The smallest absolute Gasteiger partial charge is 0.191 e. The van der Waals surface area contributed by atoms with E-state index in [1.165, 1.54) is 0 Å². The van der Waals surface area contributed by atoms with Gasteiger partial charge in [-0.2, -0.15) is 0 Å². The molecule has 0 amide bonds. The van der Waals surface area contributed by atoms with Crippen LogP contribution in [0.1, 0.15) is 5.56 Å². The number of nitrogens with one attached hydrogen (secondary N) is 2. The van der Waals surface area contributed by atoms with Crippen molar-refractivity contribution in [3.8, 4) is 0 Å². The molecule has 0 saturated heterocycles. The predicted octanol–water partition coefficient (Wildman–Crippen LogP) is 2.52. The summed E-state index contributed by atoms with van der Waals surface area (Å²) >= 11 is 5.94. The van der Waals surface area contributed by atoms with Crippen molar-refractivity contribution in [2.45, 2.75) is 13.2 Å². The van der Waals surface area contributed by atoms with Gasteiger partial charge in [0.25, 0.3) is 0 Å². The quantitative estimate of drug-likeness (QED) is 0.443. The average molecular weight is 335 g/mol. The highest BCUT2D eigenvalue weighted by atomic mass is 35.5. The second kappa shape index (κ2) is 9.92. The van der Waals surface area contributed by atoms with E-state index in [0.717, 1.165) is 29.6 Å². The molecule has 0 bridgehead atoms. The molecule has 124 valence electrons. The van der Waals surface area contributed by atoms with Gasteiger partial charge in [0, 0.05) is 44.1 Å². The summed E-state index contributed by atoms with van der Waals surface area (Å²) in [7, 11) is 1.76. The molecule has 0 aliphatic rings. The van der Waals surface area contributed by atoms with Gasteiger partial charge in [0.05, 0.1) is 13.2 Å². The molecule has 2 N–H and O–H groups in total. The monoisotopic (exact) mass is 334 g/mol. The number of aliphatic imine (C=N–C) groups is 1. The summed E-state index contributed by atoms with van der Waals surface area (Å²) in [6.07, 6.45) is 4.09. The number of aromatic nitrogens is 1. The molecule has 6 heteroatoms. The first-order chi connectivity index (χ1) is 11.3. The molecule has 2 aromatic rings. The molecule has 23 heavy (non-hydrogen) atoms. The number of benzene rings is 1. The number of guanidine groups is 1. The second-order valence-electron chi connectivity index (χ2n) is 5.03. The maximum Gasteiger partial charge on any atom is 0.191 e. The number of hydrogen-bond donors (Lipinski definition) is 2. The largest absolute Gasteiger partial charge is 0.375 e. The molecule has 0 unspecified atom stereocenters. The van der Waals surface area contributed by atoms with Crippen LogP contribution in [0.2, 0.25) is 5.02 Å². The van der Waals surface area contributed by atoms with Crippen molar-refractivity contribution in [2.24, 2.45) is 4.99 Å². The van der Waals surface area contributed by atoms with Crippen LogP contribution in [-0.2, 0) is 17.9 Å². The molecule has 0 atom stereocenters. The molecule has 0 radical (unpaired) electrons. The Morgan fingerprint density at radius 1 is 1.17 bits per heavy atom. The van der Waals surface area contributed by atoms with E-state index in [1.54, 1.807) is 7.05 Å². The first-order valence-electron chi connectivity index (χ1n) is 7.65. The van der Waals surface area contributed by atoms with Crippen molar-refractivity contribution in [3.63, 3.8) is 0 Å². The van der Waals surface area contributed by atoms with E-state index in [1.807, 2.05) is 48.8 Å². The van der Waals surface area contributed by atoms with Crippen LogP contribution < -0.4 is 10.6 Å². The third-order valence-corrected chi connectivity index (χ3v) is 3.48. The van der Waals surface area contributed by atoms with Crippen LogP contribution in [0, 0.1) is 0 Å². The van der Waals surface area contributed by atoms with Gasteiger partial charge >= 0.3 is 0 Å². The highest BCUT2D eigenvalue weighted by molar-refractivity contribution is 6.30. The van der Waals surface area contributed by atoms with Gasteiger partial charge in [-0.15, -0.1) is 0 Å². The summed E-state index contributed by atoms with van der Waals surface area (Å²) in [6.45, 7) is 3.58. The van der Waals surface area contributed by atoms with E-state index in [-0.39, 0.29) is 0 Å². The Balaban J connectivity index is 1.56. The lowest BCUT2D eigenvalue weighted by Crippen LogP contribution is -2.40. The Morgan fingerprint density at radius 3 is 2.70 bits per heavy atom. The highest BCUT2D eigenvalue weighted by Crippen LogP contribution is 2.11. The Morgan fingerprint density at radius 2 is 1.96 bits per heavy atom. The first kappa shape index (κ1) is 17.4. The van der Waals surface area contributed by atoms with E-state index in [0.29, 0.717) is 19.8 Å². The molecule has 5 nitrogen and oxygen atoms in total. The Bertz CT molecular complexity index is 598. The number of ether oxygens (including phenoxy) is 1. The number of halogens is 1. The third kappa shape index (κ3) is 6.76. The fourth-order valence-electron chi connectivity index (χ4n) is 2.10. The van der Waals surface area contributed by atoms with Crippen LogP contribution >= 0.6 is 11.6 Å². The van der Waals surface area contributed by atoms with Crippen LogP contribution in [0.5, 0.6) is 0 Å². The van der Waals surface area contributed by atoms with Crippen molar-refractivity contribution in [1.29, 1.82) is 0 Å². The molecule has 0 aliphatic carbocycles. The maximum atomic E-state index is 5.94. The standard InChI is InChI=1S/C17H23ClN4O/c1-19-17(20-7-11-22-9-2-3-10-22)21-8-12-23-14-15-5-4-6-16(18)13-15/h2-6,9-10,13H,7-8,11-12,14H2,1H3,(H2,19,20,21). The summed E-state index contributed by atoms with van der Waals surface area (Å²) in [5.41, 5.74) is 1.08. The molecule has 0 spiro atoms. The van der Waals surface area contributed by atoms with Crippen LogP contribution in [0.25, 0.3) is 0 Å². The van der Waals surface area contributed by atoms with E-state index in [2.05, 4.69) is 20.2 Å². The molecular weight excluding hydrogens is 312 g/mol. The van der Waals surface area contributed by atoms with Gasteiger partial charge in [0.15, 0.2) is 5.96 Å². The Hall–Kier alpha value is -1.98. The minimum Gasteiger partial charge on any atom is -0.375 e. The van der Waals surface area contributed by atoms with Gasteiger partial charge in [-0.1, -0.05) is 23.7 Å². The zero-order valence-electron chi connectivity index (χ0n) is 13.3.